The lowest BCUT2D eigenvalue weighted by Gasteiger charge is -2.46. The van der Waals surface area contributed by atoms with Gasteiger partial charge in [0.15, 0.2) is 0 Å². The monoisotopic (exact) mass is 1210 g/mol. The van der Waals surface area contributed by atoms with Crippen molar-refractivity contribution in [3.8, 4) is 0 Å². The molecule has 2 fully saturated rings. The van der Waals surface area contributed by atoms with Gasteiger partial charge in [0.25, 0.3) is 11.8 Å². The average Bonchev–Trinajstić information content (AvgIpc) is 2.02. The van der Waals surface area contributed by atoms with E-state index in [-0.39, 0.29) is 59.0 Å². The Hall–Kier alpha value is -5.51. The van der Waals surface area contributed by atoms with Crippen LogP contribution in [-0.2, 0) is 23.8 Å². The molecule has 2 saturated heterocycles. The molecule has 83 heavy (non-hydrogen) atoms. The van der Waals surface area contributed by atoms with Crippen LogP contribution in [0, 0.1) is 10.8 Å². The Kier molecular flexibility index (Phi) is 20.7. The molecule has 2 spiro atoms. The Bertz CT molecular complexity index is 3030. The summed E-state index contributed by atoms with van der Waals surface area (Å²) in [7, 11) is 0. The van der Waals surface area contributed by atoms with Gasteiger partial charge in [0, 0.05) is 70.0 Å². The number of amides is 3. The van der Waals surface area contributed by atoms with E-state index in [2.05, 4.69) is 46.9 Å². The molecule has 18 heteroatoms. The summed E-state index contributed by atoms with van der Waals surface area (Å²) in [5.74, 6) is -1.09. The second-order valence-electron chi connectivity index (χ2n) is 26.2. The minimum atomic E-state index is -0.905. The summed E-state index contributed by atoms with van der Waals surface area (Å²) >= 11 is 25.3. The second kappa shape index (κ2) is 26.4. The van der Waals surface area contributed by atoms with Crippen LogP contribution in [0.25, 0.3) is 0 Å². The fraction of sp³-hybridized carbons (Fsp3) is 0.523. The maximum Gasteiger partial charge on any atom is 0.410 e. The molecule has 0 aliphatic carbocycles. The first-order chi connectivity index (χ1) is 38.8. The van der Waals surface area contributed by atoms with Crippen molar-refractivity contribution in [1.29, 1.82) is 0 Å². The summed E-state index contributed by atoms with van der Waals surface area (Å²) in [6, 6.07) is 24.4. The van der Waals surface area contributed by atoms with E-state index in [1.165, 1.54) is 0 Å². The van der Waals surface area contributed by atoms with E-state index >= 15 is 0 Å². The highest BCUT2D eigenvalue weighted by molar-refractivity contribution is 6.48. The maximum atomic E-state index is 14.6. The number of likely N-dealkylation sites (tertiary alicyclic amines) is 1. The van der Waals surface area contributed by atoms with Crippen molar-refractivity contribution in [2.24, 2.45) is 20.8 Å². The number of nitrogens with zero attached hydrogens (tertiary/aromatic N) is 5. The summed E-state index contributed by atoms with van der Waals surface area (Å²) in [5.41, 5.74) is 2.57. The Balaban J connectivity index is 0.000000242. The van der Waals surface area contributed by atoms with Crippen LogP contribution >= 0.6 is 46.4 Å². The summed E-state index contributed by atoms with van der Waals surface area (Å²) < 4.78 is 16.4. The molecule has 4 aromatic carbocycles. The van der Waals surface area contributed by atoms with Crippen molar-refractivity contribution >= 4 is 87.7 Å². The van der Waals surface area contributed by atoms with Gasteiger partial charge < -0.3 is 34.2 Å². The molecule has 4 heterocycles. The van der Waals surface area contributed by atoms with Crippen molar-refractivity contribution in [3.05, 3.63) is 138 Å². The van der Waals surface area contributed by atoms with Gasteiger partial charge in [-0.3, -0.25) is 19.6 Å². The molecule has 0 unspecified atom stereocenters. The molecule has 2 atom stereocenters. The second-order valence-corrected chi connectivity index (χ2v) is 27.9. The third-order valence-corrected chi connectivity index (χ3v) is 15.9. The normalized spacial score (nSPS) is 17.8. The molecule has 0 aromatic heterocycles. The molecule has 0 saturated carbocycles. The smallest absolute Gasteiger partial charge is 0.410 e. The number of hydrogen-bond donors (Lipinski definition) is 1. The van der Waals surface area contributed by atoms with Crippen LogP contribution < -0.4 is 5.32 Å². The lowest BCUT2D eigenvalue weighted by atomic mass is 9.84. The largest absolute Gasteiger partial charge is 0.459 e. The predicted molar refractivity (Wildman–Crippen MR) is 331 cm³/mol. The standard InChI is InChI=1S/C35H45Cl2N3O5.C30H37Cl2N3O3/c1-22(2)44-31(42)24-11-9-23(10-12-24)28(13-14-33(3,4)5)40-30(41)29(25-19-26(36)21-27(37)20-25)38-35(40)15-17-39(18-16-35)32(43)45-34(6,7)8;1-19(2)38-28(37)21-8-6-20(7-9-21)25(10-11-29(3,4)5)35-27(36)26(22-16-23(31)18-24(32)17-22)34-30(35)12-14-33-15-13-30/h9-12,19-22,28H,13-18H2,1-8H3;6-9,16-19,25,33H,10-15H2,1-5H3/t28-;25-/m11/s1. The van der Waals surface area contributed by atoms with Gasteiger partial charge in [0.2, 0.25) is 0 Å². The molecular formula is C65H82Cl4N6O8. The van der Waals surface area contributed by atoms with Crippen LogP contribution in [0.4, 0.5) is 4.79 Å². The number of aliphatic imine (C=N–C) groups is 2. The first kappa shape index (κ1) is 65.0. The van der Waals surface area contributed by atoms with Crippen molar-refractivity contribution in [2.45, 2.75) is 183 Å². The van der Waals surface area contributed by atoms with Gasteiger partial charge in [-0.1, -0.05) is 112 Å². The van der Waals surface area contributed by atoms with Crippen LogP contribution in [0.5, 0.6) is 0 Å². The molecular weight excluding hydrogens is 1130 g/mol. The molecule has 14 nitrogen and oxygen atoms in total. The first-order valence-electron chi connectivity index (χ1n) is 28.9. The van der Waals surface area contributed by atoms with Crippen LogP contribution in [0.15, 0.2) is 94.9 Å². The minimum absolute atomic E-state index is 0.000554. The fourth-order valence-electron chi connectivity index (χ4n) is 11.0. The number of carbonyl (C=O) groups excluding carboxylic acids is 5. The van der Waals surface area contributed by atoms with Gasteiger partial charge in [-0.25, -0.2) is 14.4 Å². The highest BCUT2D eigenvalue weighted by Crippen LogP contribution is 2.47. The van der Waals surface area contributed by atoms with Crippen LogP contribution in [0.3, 0.4) is 0 Å². The molecule has 4 aliphatic rings. The maximum absolute atomic E-state index is 14.6. The zero-order chi connectivity index (χ0) is 61.0. The highest BCUT2D eigenvalue weighted by Gasteiger charge is 2.54. The SMILES string of the molecule is CC(C)OC(=O)c1ccc([C@@H](CCC(C)(C)C)N2C(=O)C(c3cc(Cl)cc(Cl)c3)=NC23CCN(C(=O)OC(C)(C)C)CC3)cc1.CC(C)OC(=O)c1ccc([C@@H](CCC(C)(C)C)N2C(=O)C(c3cc(Cl)cc(Cl)c3)=NC23CCNCC3)cc1. The quantitative estimate of drug-likeness (QED) is 0.0957. The number of esters is 2. The minimum Gasteiger partial charge on any atom is -0.459 e. The number of hydrogen-bond acceptors (Lipinski definition) is 11. The Labute approximate surface area is 511 Å². The summed E-state index contributed by atoms with van der Waals surface area (Å²) in [6.07, 6.45) is 4.64. The molecule has 3 amide bonds. The zero-order valence-corrected chi connectivity index (χ0v) is 53.4. The van der Waals surface area contributed by atoms with Gasteiger partial charge >= 0.3 is 18.0 Å². The highest BCUT2D eigenvalue weighted by atomic mass is 35.5. The van der Waals surface area contributed by atoms with Gasteiger partial charge in [0.05, 0.1) is 35.4 Å². The lowest BCUT2D eigenvalue weighted by Crippen LogP contribution is -2.56. The van der Waals surface area contributed by atoms with Crippen molar-refractivity contribution in [3.63, 3.8) is 0 Å². The summed E-state index contributed by atoms with van der Waals surface area (Å²) in [4.78, 5) is 82.7. The third-order valence-electron chi connectivity index (χ3n) is 15.0. The Morgan fingerprint density at radius 2 is 0.904 bits per heavy atom. The fourth-order valence-corrected chi connectivity index (χ4v) is 12.1. The molecule has 4 aliphatic heterocycles. The molecule has 0 radical (unpaired) electrons. The molecule has 0 bridgehead atoms. The molecule has 1 N–H and O–H groups in total. The summed E-state index contributed by atoms with van der Waals surface area (Å²) in [6.45, 7) is 28.2. The summed E-state index contributed by atoms with van der Waals surface area (Å²) in [5, 5.41) is 5.17. The van der Waals surface area contributed by atoms with E-state index in [4.69, 9.17) is 70.6 Å². The molecule has 4 aromatic rings. The number of nitrogens with one attached hydrogen (secondary N) is 1. The Morgan fingerprint density at radius 3 is 1.23 bits per heavy atom. The predicted octanol–water partition coefficient (Wildman–Crippen LogP) is 15.3. The number of carbonyl (C=O) groups is 5. The van der Waals surface area contributed by atoms with Crippen LogP contribution in [0.1, 0.15) is 196 Å². The lowest BCUT2D eigenvalue weighted by molar-refractivity contribution is -0.134. The number of ether oxygens (including phenoxy) is 3. The van der Waals surface area contributed by atoms with Gasteiger partial charge in [0.1, 0.15) is 28.4 Å². The van der Waals surface area contributed by atoms with E-state index in [1.807, 2.05) is 82.5 Å². The van der Waals surface area contributed by atoms with E-state index in [9.17, 15) is 24.0 Å². The van der Waals surface area contributed by atoms with E-state index in [0.29, 0.717) is 99.0 Å². The van der Waals surface area contributed by atoms with E-state index in [1.54, 1.807) is 65.6 Å². The van der Waals surface area contributed by atoms with Crippen molar-refractivity contribution in [2.75, 3.05) is 26.2 Å². The number of piperidine rings is 2. The number of rotatable bonds is 14. The number of benzene rings is 4. The zero-order valence-electron chi connectivity index (χ0n) is 50.4. The van der Waals surface area contributed by atoms with E-state index < -0.39 is 22.9 Å². The van der Waals surface area contributed by atoms with Crippen LogP contribution in [0.2, 0.25) is 20.1 Å². The van der Waals surface area contributed by atoms with Crippen molar-refractivity contribution in [1.82, 2.24) is 20.0 Å². The molecule has 8 rings (SSSR count). The Morgan fingerprint density at radius 1 is 0.554 bits per heavy atom. The third kappa shape index (κ3) is 16.7. The first-order valence-corrected chi connectivity index (χ1v) is 30.4. The van der Waals surface area contributed by atoms with Gasteiger partial charge in [-0.15, -0.1) is 0 Å². The van der Waals surface area contributed by atoms with Gasteiger partial charge in [-0.2, -0.15) is 0 Å². The topological polar surface area (TPSA) is 160 Å². The van der Waals surface area contributed by atoms with Gasteiger partial charge in [-0.05, 0) is 170 Å². The van der Waals surface area contributed by atoms with Crippen molar-refractivity contribution < 1.29 is 38.2 Å². The van der Waals surface area contributed by atoms with E-state index in [0.717, 1.165) is 43.5 Å². The number of halogens is 4. The van der Waals surface area contributed by atoms with Crippen LogP contribution in [-0.4, -0.2) is 111 Å². The molecule has 448 valence electrons. The average molecular weight is 1220 g/mol.